The van der Waals surface area contributed by atoms with Crippen molar-refractivity contribution in [1.29, 1.82) is 0 Å². The molecule has 0 heterocycles. The third-order valence-corrected chi connectivity index (χ3v) is 3.73. The van der Waals surface area contributed by atoms with E-state index in [1.807, 2.05) is 36.4 Å². The predicted octanol–water partition coefficient (Wildman–Crippen LogP) is 4.83. The van der Waals surface area contributed by atoms with Crippen LogP contribution in [0, 0.1) is 0 Å². The van der Waals surface area contributed by atoms with E-state index in [1.165, 1.54) is 4.90 Å². The number of hydrogen-bond acceptors (Lipinski definition) is 2. The first kappa shape index (κ1) is 16.9. The molecule has 0 bridgehead atoms. The average Bonchev–Trinajstić information content (AvgIpc) is 2.60. The summed E-state index contributed by atoms with van der Waals surface area (Å²) in [4.78, 5) is 26.7. The molecule has 0 unspecified atom stereocenters. The Balaban J connectivity index is 2.19. The van der Waals surface area contributed by atoms with Gasteiger partial charge in [-0.15, -0.1) is 0 Å². The number of imide groups is 1. The van der Waals surface area contributed by atoms with Gasteiger partial charge in [-0.1, -0.05) is 62.6 Å². The Hall–Kier alpha value is -2.42. The summed E-state index contributed by atoms with van der Waals surface area (Å²) >= 11 is 0. The molecule has 0 saturated heterocycles. The van der Waals surface area contributed by atoms with Gasteiger partial charge in [0.1, 0.15) is 0 Å². The van der Waals surface area contributed by atoms with Crippen LogP contribution in [0.5, 0.6) is 0 Å². The molecule has 0 aromatic heterocycles. The molecule has 0 saturated carbocycles. The number of nitrogens with zero attached hydrogens (tertiary/aromatic N) is 1. The van der Waals surface area contributed by atoms with Gasteiger partial charge in [0.25, 0.3) is 5.91 Å². The molecule has 0 aliphatic heterocycles. The zero-order valence-electron chi connectivity index (χ0n) is 13.6. The first-order valence-electron chi connectivity index (χ1n) is 8.21. The zero-order valence-corrected chi connectivity index (χ0v) is 13.6. The lowest BCUT2D eigenvalue weighted by Crippen LogP contribution is -2.36. The number of benzene rings is 2. The van der Waals surface area contributed by atoms with Crippen LogP contribution in [0.2, 0.25) is 0 Å². The normalized spacial score (nSPS) is 10.3. The molecule has 0 N–H and O–H groups in total. The largest absolute Gasteiger partial charge is 0.274 e. The molecule has 3 nitrogen and oxygen atoms in total. The number of rotatable bonds is 7. The van der Waals surface area contributed by atoms with E-state index in [1.54, 1.807) is 24.3 Å². The van der Waals surface area contributed by atoms with Crippen molar-refractivity contribution in [3.05, 3.63) is 66.2 Å². The summed E-state index contributed by atoms with van der Waals surface area (Å²) < 4.78 is 0. The van der Waals surface area contributed by atoms with Crippen molar-refractivity contribution >= 4 is 17.5 Å². The lowest BCUT2D eigenvalue weighted by Gasteiger charge is -2.21. The highest BCUT2D eigenvalue weighted by molar-refractivity contribution is 6.21. The third kappa shape index (κ3) is 4.78. The molecule has 23 heavy (non-hydrogen) atoms. The number of para-hydroxylation sites is 1. The van der Waals surface area contributed by atoms with Crippen LogP contribution >= 0.6 is 0 Å². The molecule has 2 amide bonds. The van der Waals surface area contributed by atoms with Gasteiger partial charge in [0.2, 0.25) is 5.91 Å². The van der Waals surface area contributed by atoms with Gasteiger partial charge in [-0.25, -0.2) is 4.90 Å². The fourth-order valence-corrected chi connectivity index (χ4v) is 2.48. The lowest BCUT2D eigenvalue weighted by molar-refractivity contribution is -0.118. The van der Waals surface area contributed by atoms with Crippen LogP contribution in [0.25, 0.3) is 0 Å². The number of unbranched alkanes of at least 4 members (excludes halogenated alkanes) is 3. The number of carbonyl (C=O) groups excluding carboxylic acids is 2. The van der Waals surface area contributed by atoms with Crippen molar-refractivity contribution in [2.75, 3.05) is 4.90 Å². The molecular weight excluding hydrogens is 286 g/mol. The van der Waals surface area contributed by atoms with E-state index in [0.717, 1.165) is 25.7 Å². The summed E-state index contributed by atoms with van der Waals surface area (Å²) in [6.45, 7) is 2.14. The minimum absolute atomic E-state index is 0.138. The van der Waals surface area contributed by atoms with Crippen LogP contribution in [0.1, 0.15) is 49.4 Å². The fourth-order valence-electron chi connectivity index (χ4n) is 2.48. The molecule has 120 valence electrons. The van der Waals surface area contributed by atoms with Gasteiger partial charge in [-0.3, -0.25) is 9.59 Å². The summed E-state index contributed by atoms with van der Waals surface area (Å²) in [6.07, 6.45) is 4.47. The molecular formula is C20H23NO2. The monoisotopic (exact) mass is 309 g/mol. The number of carbonyl (C=O) groups is 2. The highest BCUT2D eigenvalue weighted by Gasteiger charge is 2.23. The quantitative estimate of drug-likeness (QED) is 0.687. The smallest absolute Gasteiger partial charge is 0.265 e. The third-order valence-electron chi connectivity index (χ3n) is 3.73. The van der Waals surface area contributed by atoms with Gasteiger partial charge in [0, 0.05) is 12.0 Å². The van der Waals surface area contributed by atoms with E-state index in [4.69, 9.17) is 0 Å². The summed E-state index contributed by atoms with van der Waals surface area (Å²) in [6, 6.07) is 18.1. The molecule has 3 heteroatoms. The SMILES string of the molecule is CCCCCCC(=O)N(C(=O)c1ccccc1)c1ccccc1. The topological polar surface area (TPSA) is 37.4 Å². The molecule has 2 rings (SSSR count). The highest BCUT2D eigenvalue weighted by Crippen LogP contribution is 2.19. The maximum Gasteiger partial charge on any atom is 0.265 e. The van der Waals surface area contributed by atoms with Crippen molar-refractivity contribution in [2.45, 2.75) is 39.0 Å². The highest BCUT2D eigenvalue weighted by atomic mass is 16.2. The average molecular weight is 309 g/mol. The van der Waals surface area contributed by atoms with E-state index in [9.17, 15) is 9.59 Å². The van der Waals surface area contributed by atoms with Crippen LogP contribution in [0.3, 0.4) is 0 Å². The van der Waals surface area contributed by atoms with Crippen LogP contribution < -0.4 is 4.90 Å². The van der Waals surface area contributed by atoms with Crippen molar-refractivity contribution in [3.8, 4) is 0 Å². The molecule has 2 aromatic carbocycles. The van der Waals surface area contributed by atoms with E-state index in [-0.39, 0.29) is 11.8 Å². The Labute approximate surface area is 137 Å². The van der Waals surface area contributed by atoms with Crippen LogP contribution in [0.4, 0.5) is 5.69 Å². The summed E-state index contributed by atoms with van der Waals surface area (Å²) in [5.74, 6) is -0.404. The second-order valence-corrected chi connectivity index (χ2v) is 5.55. The second kappa shape index (κ2) is 8.89. The fraction of sp³-hybridized carbons (Fsp3) is 0.300. The van der Waals surface area contributed by atoms with Crippen molar-refractivity contribution in [3.63, 3.8) is 0 Å². The van der Waals surface area contributed by atoms with Crippen molar-refractivity contribution in [2.24, 2.45) is 0 Å². The van der Waals surface area contributed by atoms with E-state index >= 15 is 0 Å². The first-order valence-corrected chi connectivity index (χ1v) is 8.21. The van der Waals surface area contributed by atoms with E-state index in [0.29, 0.717) is 17.7 Å². The Kier molecular flexibility index (Phi) is 6.55. The molecule has 0 aliphatic carbocycles. The molecule has 0 aliphatic rings. The molecule has 0 atom stereocenters. The van der Waals surface area contributed by atoms with E-state index in [2.05, 4.69) is 6.92 Å². The summed E-state index contributed by atoms with van der Waals surface area (Å²) in [7, 11) is 0. The number of hydrogen-bond donors (Lipinski definition) is 0. The van der Waals surface area contributed by atoms with Crippen LogP contribution in [-0.2, 0) is 4.79 Å². The predicted molar refractivity (Wildman–Crippen MR) is 93.5 cm³/mol. The summed E-state index contributed by atoms with van der Waals surface area (Å²) in [5.41, 5.74) is 1.15. The Bertz CT molecular complexity index is 623. The molecule has 0 fully saturated rings. The zero-order chi connectivity index (χ0) is 16.5. The first-order chi connectivity index (χ1) is 11.2. The second-order valence-electron chi connectivity index (χ2n) is 5.55. The molecule has 0 spiro atoms. The molecule has 0 radical (unpaired) electrons. The maximum absolute atomic E-state index is 12.8. The summed E-state index contributed by atoms with van der Waals surface area (Å²) in [5, 5.41) is 0. The van der Waals surface area contributed by atoms with Gasteiger partial charge in [0.15, 0.2) is 0 Å². The minimum atomic E-state index is -0.266. The van der Waals surface area contributed by atoms with Gasteiger partial charge >= 0.3 is 0 Å². The van der Waals surface area contributed by atoms with Gasteiger partial charge in [0.05, 0.1) is 5.69 Å². The van der Waals surface area contributed by atoms with Crippen LogP contribution in [0.15, 0.2) is 60.7 Å². The lowest BCUT2D eigenvalue weighted by atomic mass is 10.1. The minimum Gasteiger partial charge on any atom is -0.274 e. The Morgan fingerprint density at radius 1 is 0.826 bits per heavy atom. The van der Waals surface area contributed by atoms with E-state index < -0.39 is 0 Å². The van der Waals surface area contributed by atoms with Crippen molar-refractivity contribution < 1.29 is 9.59 Å². The number of amides is 2. The molecule has 2 aromatic rings. The van der Waals surface area contributed by atoms with Gasteiger partial charge in [-0.2, -0.15) is 0 Å². The van der Waals surface area contributed by atoms with Gasteiger partial charge < -0.3 is 0 Å². The van der Waals surface area contributed by atoms with Gasteiger partial charge in [-0.05, 0) is 30.7 Å². The van der Waals surface area contributed by atoms with Crippen molar-refractivity contribution in [1.82, 2.24) is 0 Å². The standard InChI is InChI=1S/C20H23NO2/c1-2-3-4-11-16-19(22)21(18-14-9-6-10-15-18)20(23)17-12-7-5-8-13-17/h5-10,12-15H,2-4,11,16H2,1H3. The van der Waals surface area contributed by atoms with Crippen LogP contribution in [-0.4, -0.2) is 11.8 Å². The Morgan fingerprint density at radius 2 is 1.43 bits per heavy atom. The Morgan fingerprint density at radius 3 is 2.04 bits per heavy atom. The number of anilines is 1. The maximum atomic E-state index is 12.8.